The van der Waals surface area contributed by atoms with Crippen LogP contribution >= 0.6 is 0 Å². The summed E-state index contributed by atoms with van der Waals surface area (Å²) in [7, 11) is 0. The molecule has 3 heteroatoms. The molecule has 0 radical (unpaired) electrons. The Bertz CT molecular complexity index is 379. The summed E-state index contributed by atoms with van der Waals surface area (Å²) in [5, 5.41) is 3.48. The van der Waals surface area contributed by atoms with Crippen molar-refractivity contribution in [3.05, 3.63) is 29.3 Å². The highest BCUT2D eigenvalue weighted by atomic mass is 16.5. The molecule has 1 aromatic carbocycles. The van der Waals surface area contributed by atoms with Gasteiger partial charge >= 0.3 is 0 Å². The van der Waals surface area contributed by atoms with E-state index in [1.54, 1.807) is 0 Å². The summed E-state index contributed by atoms with van der Waals surface area (Å²) in [4.78, 5) is 0. The van der Waals surface area contributed by atoms with Crippen LogP contribution in [0.15, 0.2) is 18.2 Å². The molecular weight excluding hydrogens is 226 g/mol. The summed E-state index contributed by atoms with van der Waals surface area (Å²) >= 11 is 0. The van der Waals surface area contributed by atoms with Gasteiger partial charge in [0.15, 0.2) is 0 Å². The molecule has 0 spiro atoms. The van der Waals surface area contributed by atoms with Crippen molar-refractivity contribution in [2.24, 2.45) is 0 Å². The van der Waals surface area contributed by atoms with E-state index in [1.807, 2.05) is 6.92 Å². The van der Waals surface area contributed by atoms with Gasteiger partial charge in [0.1, 0.15) is 5.75 Å². The van der Waals surface area contributed by atoms with Crippen LogP contribution < -0.4 is 10.1 Å². The van der Waals surface area contributed by atoms with Crippen LogP contribution in [0.4, 0.5) is 0 Å². The molecule has 0 aromatic heterocycles. The van der Waals surface area contributed by atoms with Gasteiger partial charge in [0, 0.05) is 12.2 Å². The van der Waals surface area contributed by atoms with Crippen LogP contribution in [0.5, 0.6) is 5.75 Å². The van der Waals surface area contributed by atoms with E-state index < -0.39 is 0 Å². The number of nitrogens with one attached hydrogen (secondary N) is 1. The highest BCUT2D eigenvalue weighted by Crippen LogP contribution is 2.33. The number of likely N-dealkylation sites (N-methyl/N-ethyl adjacent to an activating group) is 1. The van der Waals surface area contributed by atoms with Gasteiger partial charge in [-0.3, -0.25) is 0 Å². The molecular formula is C15H23NO2. The van der Waals surface area contributed by atoms with Gasteiger partial charge in [-0.15, -0.1) is 0 Å². The van der Waals surface area contributed by atoms with Gasteiger partial charge in [-0.2, -0.15) is 0 Å². The zero-order valence-corrected chi connectivity index (χ0v) is 11.4. The molecule has 0 amide bonds. The lowest BCUT2D eigenvalue weighted by atomic mass is 9.98. The second kappa shape index (κ2) is 6.76. The van der Waals surface area contributed by atoms with Gasteiger partial charge < -0.3 is 14.8 Å². The van der Waals surface area contributed by atoms with Crippen molar-refractivity contribution in [1.29, 1.82) is 0 Å². The first-order valence-corrected chi connectivity index (χ1v) is 6.92. The molecule has 1 unspecified atom stereocenters. The van der Waals surface area contributed by atoms with Crippen molar-refractivity contribution in [2.45, 2.75) is 32.7 Å². The van der Waals surface area contributed by atoms with Crippen LogP contribution in [0, 0.1) is 0 Å². The molecule has 0 fully saturated rings. The van der Waals surface area contributed by atoms with E-state index in [9.17, 15) is 0 Å². The molecule has 1 heterocycles. The Balaban J connectivity index is 2.22. The fraction of sp³-hybridized carbons (Fsp3) is 0.600. The van der Waals surface area contributed by atoms with Gasteiger partial charge in [-0.1, -0.05) is 25.1 Å². The van der Waals surface area contributed by atoms with Gasteiger partial charge in [-0.05, 0) is 31.9 Å². The van der Waals surface area contributed by atoms with Crippen LogP contribution in [0.3, 0.4) is 0 Å². The molecule has 3 nitrogen and oxygen atoms in total. The normalized spacial score (nSPS) is 15.9. The Kier molecular flexibility index (Phi) is 5.02. The number of rotatable bonds is 6. The molecule has 1 aliphatic rings. The minimum Gasteiger partial charge on any atom is -0.493 e. The van der Waals surface area contributed by atoms with Gasteiger partial charge in [0.25, 0.3) is 0 Å². The molecule has 1 aliphatic heterocycles. The van der Waals surface area contributed by atoms with Gasteiger partial charge in [-0.25, -0.2) is 0 Å². The standard InChI is InChI=1S/C15H23NO2/c1-3-16-14(11-17-4-2)13-9-5-7-12-8-6-10-18-15(12)13/h5,7,9,14,16H,3-4,6,8,10-11H2,1-2H3. The molecule has 1 aromatic rings. The highest BCUT2D eigenvalue weighted by molar-refractivity contribution is 5.44. The number of para-hydroxylation sites is 1. The number of aryl methyl sites for hydroxylation is 1. The Morgan fingerprint density at radius 3 is 3.06 bits per heavy atom. The van der Waals surface area contributed by atoms with Crippen molar-refractivity contribution < 1.29 is 9.47 Å². The number of ether oxygens (including phenoxy) is 2. The molecule has 1 N–H and O–H groups in total. The molecule has 0 saturated carbocycles. The molecule has 1 atom stereocenters. The van der Waals surface area contributed by atoms with Crippen molar-refractivity contribution in [3.63, 3.8) is 0 Å². The van der Waals surface area contributed by atoms with Gasteiger partial charge in [0.2, 0.25) is 0 Å². The fourth-order valence-electron chi connectivity index (χ4n) is 2.43. The lowest BCUT2D eigenvalue weighted by Gasteiger charge is -2.25. The number of fused-ring (bicyclic) bond motifs is 1. The first-order chi connectivity index (χ1) is 8.86. The highest BCUT2D eigenvalue weighted by Gasteiger charge is 2.20. The lowest BCUT2D eigenvalue weighted by Crippen LogP contribution is -2.27. The summed E-state index contributed by atoms with van der Waals surface area (Å²) in [6, 6.07) is 6.67. The van der Waals surface area contributed by atoms with Crippen LogP contribution in [0.2, 0.25) is 0 Å². The zero-order chi connectivity index (χ0) is 12.8. The summed E-state index contributed by atoms with van der Waals surface area (Å²) < 4.78 is 11.4. The summed E-state index contributed by atoms with van der Waals surface area (Å²) in [6.07, 6.45) is 2.24. The monoisotopic (exact) mass is 249 g/mol. The smallest absolute Gasteiger partial charge is 0.127 e. The minimum atomic E-state index is 0.225. The lowest BCUT2D eigenvalue weighted by molar-refractivity contribution is 0.122. The third kappa shape index (κ3) is 3.03. The van der Waals surface area contributed by atoms with E-state index in [-0.39, 0.29) is 6.04 Å². The van der Waals surface area contributed by atoms with E-state index in [2.05, 4.69) is 30.4 Å². The first-order valence-electron chi connectivity index (χ1n) is 6.92. The Hall–Kier alpha value is -1.06. The molecule has 0 saturated heterocycles. The van der Waals surface area contributed by atoms with Crippen molar-refractivity contribution >= 4 is 0 Å². The molecule has 2 rings (SSSR count). The Morgan fingerprint density at radius 1 is 1.39 bits per heavy atom. The average molecular weight is 249 g/mol. The third-order valence-electron chi connectivity index (χ3n) is 3.28. The van der Waals surface area contributed by atoms with E-state index in [0.717, 1.165) is 38.3 Å². The second-order valence-corrected chi connectivity index (χ2v) is 4.56. The van der Waals surface area contributed by atoms with E-state index >= 15 is 0 Å². The molecule has 100 valence electrons. The topological polar surface area (TPSA) is 30.5 Å². The maximum atomic E-state index is 5.87. The maximum Gasteiger partial charge on any atom is 0.127 e. The largest absolute Gasteiger partial charge is 0.493 e. The average Bonchev–Trinajstić information content (AvgIpc) is 2.43. The van der Waals surface area contributed by atoms with E-state index in [1.165, 1.54) is 11.1 Å². The van der Waals surface area contributed by atoms with Crippen LogP contribution in [0.25, 0.3) is 0 Å². The SMILES string of the molecule is CCNC(COCC)c1cccc2c1OCCC2. The van der Waals surface area contributed by atoms with Crippen LogP contribution in [-0.4, -0.2) is 26.4 Å². The Morgan fingerprint density at radius 2 is 2.28 bits per heavy atom. The minimum absolute atomic E-state index is 0.225. The molecule has 0 aliphatic carbocycles. The van der Waals surface area contributed by atoms with Gasteiger partial charge in [0.05, 0.1) is 19.3 Å². The predicted molar refractivity (Wildman–Crippen MR) is 73.2 cm³/mol. The zero-order valence-electron chi connectivity index (χ0n) is 11.4. The maximum absolute atomic E-state index is 5.87. The van der Waals surface area contributed by atoms with Crippen molar-refractivity contribution in [1.82, 2.24) is 5.32 Å². The molecule has 18 heavy (non-hydrogen) atoms. The fourth-order valence-corrected chi connectivity index (χ4v) is 2.43. The summed E-state index contributed by atoms with van der Waals surface area (Å²) in [5.41, 5.74) is 2.57. The van der Waals surface area contributed by atoms with Crippen molar-refractivity contribution in [2.75, 3.05) is 26.4 Å². The van der Waals surface area contributed by atoms with Crippen LogP contribution in [-0.2, 0) is 11.2 Å². The predicted octanol–water partition coefficient (Wildman–Crippen LogP) is 2.70. The third-order valence-corrected chi connectivity index (χ3v) is 3.28. The van der Waals surface area contributed by atoms with Crippen LogP contribution in [0.1, 0.15) is 37.4 Å². The number of hydrogen-bond donors (Lipinski definition) is 1. The van der Waals surface area contributed by atoms with E-state index in [0.29, 0.717) is 6.61 Å². The second-order valence-electron chi connectivity index (χ2n) is 4.56. The Labute approximate surface area is 109 Å². The van der Waals surface area contributed by atoms with E-state index in [4.69, 9.17) is 9.47 Å². The first kappa shape index (κ1) is 13.4. The number of benzene rings is 1. The number of hydrogen-bond acceptors (Lipinski definition) is 3. The van der Waals surface area contributed by atoms with Crippen molar-refractivity contribution in [3.8, 4) is 5.75 Å². The summed E-state index contributed by atoms with van der Waals surface area (Å²) in [5.74, 6) is 1.08. The quantitative estimate of drug-likeness (QED) is 0.841. The molecule has 0 bridgehead atoms. The summed E-state index contributed by atoms with van der Waals surface area (Å²) in [6.45, 7) is 7.36.